The van der Waals surface area contributed by atoms with E-state index in [1.807, 2.05) is 0 Å². The van der Waals surface area contributed by atoms with Gasteiger partial charge in [0.05, 0.1) is 6.61 Å². The highest BCUT2D eigenvalue weighted by molar-refractivity contribution is 5.01. The standard InChI is InChI=1S/C19H32N2O5/c1-2-3-4-5-6-7-8-9-10-14-18(25)21(12-11-20-14)19-17(24)16(23)15(13-22)26-19/h11-12,15-17,19,22-24H,2-10,13H2,1H3/t15-,16-,17-,19-/m1/s1. The van der Waals surface area contributed by atoms with Crippen LogP contribution in [-0.4, -0.2) is 49.8 Å². The number of rotatable bonds is 11. The van der Waals surface area contributed by atoms with Crippen LogP contribution in [0.2, 0.25) is 0 Å². The van der Waals surface area contributed by atoms with Crippen LogP contribution in [0.3, 0.4) is 0 Å². The number of hydrogen-bond acceptors (Lipinski definition) is 6. The lowest BCUT2D eigenvalue weighted by molar-refractivity contribution is -0.0546. The third kappa shape index (κ3) is 5.36. The Morgan fingerprint density at radius 1 is 1.08 bits per heavy atom. The smallest absolute Gasteiger partial charge is 0.274 e. The molecule has 1 aromatic rings. The van der Waals surface area contributed by atoms with Gasteiger partial charge in [-0.15, -0.1) is 0 Å². The maximum atomic E-state index is 12.6. The Labute approximate surface area is 154 Å². The molecule has 1 saturated heterocycles. The first-order valence-electron chi connectivity index (χ1n) is 9.78. The Hall–Kier alpha value is -1.28. The minimum absolute atomic E-state index is 0.315. The third-order valence-electron chi connectivity index (χ3n) is 5.00. The molecule has 1 aliphatic heterocycles. The summed E-state index contributed by atoms with van der Waals surface area (Å²) in [6.07, 6.45) is 8.64. The zero-order valence-electron chi connectivity index (χ0n) is 15.6. The molecule has 0 aromatic carbocycles. The number of aliphatic hydroxyl groups excluding tert-OH is 3. The monoisotopic (exact) mass is 368 g/mol. The lowest BCUT2D eigenvalue weighted by Gasteiger charge is -2.18. The first-order chi connectivity index (χ1) is 12.6. The van der Waals surface area contributed by atoms with Crippen LogP contribution in [0.1, 0.15) is 70.2 Å². The first kappa shape index (κ1) is 21.0. The summed E-state index contributed by atoms with van der Waals surface area (Å²) >= 11 is 0. The van der Waals surface area contributed by atoms with E-state index >= 15 is 0 Å². The van der Waals surface area contributed by atoms with Crippen molar-refractivity contribution in [2.45, 2.75) is 89.3 Å². The number of nitrogens with zero attached hydrogens (tertiary/aromatic N) is 2. The fourth-order valence-electron chi connectivity index (χ4n) is 3.38. The molecule has 26 heavy (non-hydrogen) atoms. The Morgan fingerprint density at radius 2 is 1.73 bits per heavy atom. The van der Waals surface area contributed by atoms with Gasteiger partial charge in [0.25, 0.3) is 5.56 Å². The molecule has 0 saturated carbocycles. The van der Waals surface area contributed by atoms with Gasteiger partial charge < -0.3 is 20.1 Å². The summed E-state index contributed by atoms with van der Waals surface area (Å²) in [7, 11) is 0. The zero-order valence-corrected chi connectivity index (χ0v) is 15.6. The number of hydrogen-bond donors (Lipinski definition) is 3. The fourth-order valence-corrected chi connectivity index (χ4v) is 3.38. The second-order valence-electron chi connectivity index (χ2n) is 7.04. The van der Waals surface area contributed by atoms with E-state index in [-0.39, 0.29) is 5.56 Å². The molecular weight excluding hydrogens is 336 g/mol. The van der Waals surface area contributed by atoms with E-state index < -0.39 is 31.1 Å². The van der Waals surface area contributed by atoms with Crippen LogP contribution in [0.25, 0.3) is 0 Å². The van der Waals surface area contributed by atoms with E-state index in [4.69, 9.17) is 4.74 Å². The molecule has 0 aliphatic carbocycles. The van der Waals surface area contributed by atoms with Gasteiger partial charge in [-0.1, -0.05) is 51.9 Å². The molecule has 0 unspecified atom stereocenters. The van der Waals surface area contributed by atoms with Gasteiger partial charge in [0.1, 0.15) is 24.0 Å². The van der Waals surface area contributed by atoms with E-state index in [1.165, 1.54) is 55.5 Å². The van der Waals surface area contributed by atoms with Crippen molar-refractivity contribution >= 4 is 0 Å². The summed E-state index contributed by atoms with van der Waals surface area (Å²) in [5.41, 5.74) is 0.126. The van der Waals surface area contributed by atoms with Crippen molar-refractivity contribution in [2.24, 2.45) is 0 Å². The van der Waals surface area contributed by atoms with Gasteiger partial charge in [0.2, 0.25) is 0 Å². The fraction of sp³-hybridized carbons (Fsp3) is 0.789. The summed E-state index contributed by atoms with van der Waals surface area (Å²) in [6.45, 7) is 1.79. The van der Waals surface area contributed by atoms with Crippen LogP contribution < -0.4 is 5.56 Å². The van der Waals surface area contributed by atoms with Crippen LogP contribution >= 0.6 is 0 Å². The topological polar surface area (TPSA) is 105 Å². The van der Waals surface area contributed by atoms with Gasteiger partial charge >= 0.3 is 0 Å². The minimum atomic E-state index is -1.26. The van der Waals surface area contributed by atoms with Crippen molar-refractivity contribution in [3.05, 3.63) is 28.4 Å². The largest absolute Gasteiger partial charge is 0.394 e. The molecule has 2 heterocycles. The van der Waals surface area contributed by atoms with Crippen molar-refractivity contribution < 1.29 is 20.1 Å². The van der Waals surface area contributed by atoms with Crippen molar-refractivity contribution in [2.75, 3.05) is 6.61 Å². The van der Waals surface area contributed by atoms with E-state index in [9.17, 15) is 20.1 Å². The molecule has 3 N–H and O–H groups in total. The quantitative estimate of drug-likeness (QED) is 0.512. The average molecular weight is 368 g/mol. The Bertz CT molecular complexity index is 592. The molecular formula is C19H32N2O5. The number of aliphatic hydroxyl groups is 3. The van der Waals surface area contributed by atoms with Gasteiger partial charge in [0, 0.05) is 12.4 Å². The highest BCUT2D eigenvalue weighted by Gasteiger charge is 2.43. The molecule has 0 bridgehead atoms. The molecule has 148 valence electrons. The lowest BCUT2D eigenvalue weighted by Crippen LogP contribution is -2.36. The van der Waals surface area contributed by atoms with Crippen LogP contribution in [0.15, 0.2) is 17.2 Å². The van der Waals surface area contributed by atoms with Crippen molar-refractivity contribution in [1.29, 1.82) is 0 Å². The summed E-state index contributed by atoms with van der Waals surface area (Å²) in [6, 6.07) is 0. The van der Waals surface area contributed by atoms with Crippen LogP contribution in [-0.2, 0) is 11.2 Å². The summed E-state index contributed by atoms with van der Waals surface area (Å²) in [5.74, 6) is 0. The van der Waals surface area contributed by atoms with Crippen molar-refractivity contribution in [3.8, 4) is 0 Å². The predicted molar refractivity (Wildman–Crippen MR) is 97.8 cm³/mol. The Balaban J connectivity index is 1.86. The molecule has 1 aromatic heterocycles. The summed E-state index contributed by atoms with van der Waals surface area (Å²) in [4.78, 5) is 16.8. The average Bonchev–Trinajstić information content (AvgIpc) is 2.93. The second kappa shape index (κ2) is 10.8. The van der Waals surface area contributed by atoms with E-state index in [0.717, 1.165) is 12.8 Å². The van der Waals surface area contributed by atoms with E-state index in [1.54, 1.807) is 0 Å². The van der Waals surface area contributed by atoms with Gasteiger partial charge in [-0.25, -0.2) is 0 Å². The number of unbranched alkanes of at least 4 members (excludes halogenated alkanes) is 7. The second-order valence-corrected chi connectivity index (χ2v) is 7.04. The minimum Gasteiger partial charge on any atom is -0.394 e. The highest BCUT2D eigenvalue weighted by atomic mass is 16.6. The maximum absolute atomic E-state index is 12.6. The SMILES string of the molecule is CCCCCCCCCCc1nccn([C@@H]2O[C@H](CO)[C@@H](O)[C@H]2O)c1=O. The van der Waals surface area contributed by atoms with E-state index in [2.05, 4.69) is 11.9 Å². The van der Waals surface area contributed by atoms with E-state index in [0.29, 0.717) is 12.1 Å². The Kier molecular flexibility index (Phi) is 8.71. The van der Waals surface area contributed by atoms with Crippen LogP contribution in [0, 0.1) is 0 Å². The lowest BCUT2D eigenvalue weighted by atomic mass is 10.1. The predicted octanol–water partition coefficient (Wildman–Crippen LogP) is 1.54. The van der Waals surface area contributed by atoms with Gasteiger partial charge in [-0.2, -0.15) is 0 Å². The number of aromatic nitrogens is 2. The zero-order chi connectivity index (χ0) is 18.9. The molecule has 0 radical (unpaired) electrons. The summed E-state index contributed by atoms with van der Waals surface area (Å²) in [5, 5.41) is 29.1. The van der Waals surface area contributed by atoms with Crippen molar-refractivity contribution in [3.63, 3.8) is 0 Å². The molecule has 4 atom stereocenters. The molecule has 7 nitrogen and oxygen atoms in total. The molecule has 7 heteroatoms. The van der Waals surface area contributed by atoms with Crippen LogP contribution in [0.4, 0.5) is 0 Å². The molecule has 1 aliphatic rings. The molecule has 0 amide bonds. The maximum Gasteiger partial charge on any atom is 0.274 e. The number of aryl methyl sites for hydroxylation is 1. The van der Waals surface area contributed by atoms with Gasteiger partial charge in [-0.05, 0) is 12.8 Å². The Morgan fingerprint density at radius 3 is 2.35 bits per heavy atom. The first-order valence-corrected chi connectivity index (χ1v) is 9.78. The highest BCUT2D eigenvalue weighted by Crippen LogP contribution is 2.28. The van der Waals surface area contributed by atoms with Gasteiger partial charge in [-0.3, -0.25) is 14.3 Å². The van der Waals surface area contributed by atoms with Crippen molar-refractivity contribution in [1.82, 2.24) is 9.55 Å². The molecule has 0 spiro atoms. The normalized spacial score (nSPS) is 25.7. The molecule has 1 fully saturated rings. The third-order valence-corrected chi connectivity index (χ3v) is 5.00. The summed E-state index contributed by atoms with van der Waals surface area (Å²) < 4.78 is 6.69. The number of ether oxygens (including phenoxy) is 1. The van der Waals surface area contributed by atoms with Gasteiger partial charge in [0.15, 0.2) is 6.23 Å². The molecule has 2 rings (SSSR count). The van der Waals surface area contributed by atoms with Crippen LogP contribution in [0.5, 0.6) is 0 Å².